The minimum absolute atomic E-state index is 0.194. The van der Waals surface area contributed by atoms with E-state index in [1.54, 1.807) is 6.08 Å². The van der Waals surface area contributed by atoms with Gasteiger partial charge in [0.1, 0.15) is 0 Å². The molecule has 0 aromatic heterocycles. The zero-order valence-electron chi connectivity index (χ0n) is 6.55. The second-order valence-corrected chi connectivity index (χ2v) is 4.73. The third kappa shape index (κ3) is 1.63. The lowest BCUT2D eigenvalue weighted by atomic mass is 9.92. The van der Waals surface area contributed by atoms with Gasteiger partial charge >= 0.3 is 0 Å². The molecule has 0 aromatic rings. The Morgan fingerprint density at radius 2 is 2.10 bits per heavy atom. The van der Waals surface area contributed by atoms with Crippen molar-refractivity contribution in [3.05, 3.63) is 12.2 Å². The van der Waals surface area contributed by atoms with Crippen LogP contribution in [0.15, 0.2) is 12.2 Å². The molecule has 1 aliphatic rings. The summed E-state index contributed by atoms with van der Waals surface area (Å²) in [6.07, 6.45) is 3.66. The first-order valence-corrected chi connectivity index (χ1v) is 4.27. The summed E-state index contributed by atoms with van der Waals surface area (Å²) in [5, 5.41) is 0.569. The highest BCUT2D eigenvalue weighted by molar-refractivity contribution is 8.15. The molecule has 1 aliphatic heterocycles. The van der Waals surface area contributed by atoms with E-state index in [0.717, 1.165) is 0 Å². The summed E-state index contributed by atoms with van der Waals surface area (Å²) in [7, 11) is 0. The van der Waals surface area contributed by atoms with Gasteiger partial charge in [0.2, 0.25) is 5.12 Å². The molecule has 1 nitrogen and oxygen atoms in total. The predicted octanol–water partition coefficient (Wildman–Crippen LogP) is 2.23. The Bertz CT molecular complexity index is 176. The summed E-state index contributed by atoms with van der Waals surface area (Å²) in [6, 6.07) is 0. The second kappa shape index (κ2) is 2.42. The fourth-order valence-corrected chi connectivity index (χ4v) is 1.75. The van der Waals surface area contributed by atoms with Gasteiger partial charge in [0, 0.05) is 5.25 Å². The normalized spacial score (nSPS) is 25.9. The van der Waals surface area contributed by atoms with Crippen LogP contribution < -0.4 is 0 Å². The van der Waals surface area contributed by atoms with E-state index in [0.29, 0.717) is 5.25 Å². The van der Waals surface area contributed by atoms with Gasteiger partial charge in [0.25, 0.3) is 0 Å². The lowest BCUT2D eigenvalue weighted by molar-refractivity contribution is -0.106. The van der Waals surface area contributed by atoms with Crippen LogP contribution in [0, 0.1) is 5.41 Å². The lowest BCUT2D eigenvalue weighted by Gasteiger charge is -2.23. The van der Waals surface area contributed by atoms with Crippen LogP contribution in [-0.4, -0.2) is 10.4 Å². The van der Waals surface area contributed by atoms with E-state index in [-0.39, 0.29) is 10.5 Å². The van der Waals surface area contributed by atoms with Crippen molar-refractivity contribution in [3.63, 3.8) is 0 Å². The second-order valence-electron chi connectivity index (χ2n) is 3.58. The zero-order chi connectivity index (χ0) is 7.78. The first-order chi connectivity index (χ1) is 4.50. The molecule has 0 aliphatic carbocycles. The van der Waals surface area contributed by atoms with E-state index in [2.05, 4.69) is 20.8 Å². The van der Waals surface area contributed by atoms with Crippen molar-refractivity contribution in [2.24, 2.45) is 5.41 Å². The molecule has 0 fully saturated rings. The van der Waals surface area contributed by atoms with Crippen LogP contribution in [0.1, 0.15) is 20.8 Å². The maximum atomic E-state index is 10.8. The Hall–Kier alpha value is -0.240. The van der Waals surface area contributed by atoms with Gasteiger partial charge < -0.3 is 0 Å². The molecule has 56 valence electrons. The average Bonchev–Trinajstić information content (AvgIpc) is 2.11. The molecular weight excluding hydrogens is 144 g/mol. The highest BCUT2D eigenvalue weighted by Crippen LogP contribution is 2.35. The first kappa shape index (κ1) is 7.86. The summed E-state index contributed by atoms with van der Waals surface area (Å²) in [5.74, 6) is 0. The van der Waals surface area contributed by atoms with Crippen LogP contribution >= 0.6 is 11.8 Å². The van der Waals surface area contributed by atoms with Crippen molar-refractivity contribution in [2.45, 2.75) is 26.0 Å². The van der Waals surface area contributed by atoms with Crippen molar-refractivity contribution >= 4 is 16.9 Å². The number of hydrogen-bond acceptors (Lipinski definition) is 2. The monoisotopic (exact) mass is 156 g/mol. The highest BCUT2D eigenvalue weighted by atomic mass is 32.2. The third-order valence-corrected chi connectivity index (χ3v) is 2.99. The Balaban J connectivity index is 2.63. The van der Waals surface area contributed by atoms with Crippen LogP contribution in [0.25, 0.3) is 0 Å². The van der Waals surface area contributed by atoms with Crippen molar-refractivity contribution in [1.29, 1.82) is 0 Å². The van der Waals surface area contributed by atoms with Crippen LogP contribution in [-0.2, 0) is 4.79 Å². The van der Waals surface area contributed by atoms with Gasteiger partial charge in [-0.05, 0) is 11.5 Å². The largest absolute Gasteiger partial charge is 0.282 e. The maximum Gasteiger partial charge on any atom is 0.212 e. The van der Waals surface area contributed by atoms with Gasteiger partial charge in [-0.1, -0.05) is 38.6 Å². The number of thioether (sulfide) groups is 1. The van der Waals surface area contributed by atoms with E-state index in [4.69, 9.17) is 0 Å². The van der Waals surface area contributed by atoms with Crippen LogP contribution in [0.5, 0.6) is 0 Å². The molecule has 1 unspecified atom stereocenters. The van der Waals surface area contributed by atoms with Crippen LogP contribution in [0.2, 0.25) is 0 Å². The Morgan fingerprint density at radius 1 is 1.50 bits per heavy atom. The van der Waals surface area contributed by atoms with Crippen LogP contribution in [0.4, 0.5) is 0 Å². The van der Waals surface area contributed by atoms with Crippen molar-refractivity contribution in [3.8, 4) is 0 Å². The molecule has 0 spiro atoms. The molecular formula is C8H12OS. The zero-order valence-corrected chi connectivity index (χ0v) is 7.37. The fraction of sp³-hybridized carbons (Fsp3) is 0.625. The SMILES string of the molecule is CC(C)(C)C1C=CC(=O)S1. The molecule has 0 saturated heterocycles. The number of carbonyl (C=O) groups is 1. The van der Waals surface area contributed by atoms with Gasteiger partial charge in [0.15, 0.2) is 0 Å². The molecule has 0 radical (unpaired) electrons. The molecule has 10 heavy (non-hydrogen) atoms. The van der Waals surface area contributed by atoms with Gasteiger partial charge in [0.05, 0.1) is 0 Å². The predicted molar refractivity (Wildman–Crippen MR) is 45.0 cm³/mol. The number of carbonyl (C=O) groups excluding carboxylic acids is 1. The smallest absolute Gasteiger partial charge is 0.212 e. The van der Waals surface area contributed by atoms with Crippen molar-refractivity contribution in [2.75, 3.05) is 0 Å². The quantitative estimate of drug-likeness (QED) is 0.535. The average molecular weight is 156 g/mol. The van der Waals surface area contributed by atoms with Crippen molar-refractivity contribution < 1.29 is 4.79 Å². The summed E-state index contributed by atoms with van der Waals surface area (Å²) < 4.78 is 0. The Kier molecular flexibility index (Phi) is 1.90. The summed E-state index contributed by atoms with van der Waals surface area (Å²) in [4.78, 5) is 10.8. The van der Waals surface area contributed by atoms with Gasteiger partial charge in [-0.3, -0.25) is 4.79 Å². The summed E-state index contributed by atoms with van der Waals surface area (Å²) in [5.41, 5.74) is 0.216. The Labute approximate surface area is 65.9 Å². The van der Waals surface area contributed by atoms with E-state index < -0.39 is 0 Å². The highest BCUT2D eigenvalue weighted by Gasteiger charge is 2.28. The molecule has 0 aromatic carbocycles. The van der Waals surface area contributed by atoms with Crippen molar-refractivity contribution in [1.82, 2.24) is 0 Å². The summed E-state index contributed by atoms with van der Waals surface area (Å²) >= 11 is 1.42. The lowest BCUT2D eigenvalue weighted by Crippen LogP contribution is -2.19. The first-order valence-electron chi connectivity index (χ1n) is 3.39. The van der Waals surface area contributed by atoms with Crippen LogP contribution in [0.3, 0.4) is 0 Å². The van der Waals surface area contributed by atoms with E-state index in [1.807, 2.05) is 6.08 Å². The third-order valence-electron chi connectivity index (χ3n) is 1.50. The molecule has 1 rings (SSSR count). The Morgan fingerprint density at radius 3 is 2.30 bits per heavy atom. The molecule has 0 N–H and O–H groups in total. The molecule has 1 atom stereocenters. The standard InChI is InChI=1S/C8H12OS/c1-8(2,3)6-4-5-7(9)10-6/h4-6H,1-3H3. The van der Waals surface area contributed by atoms with Gasteiger partial charge in [-0.2, -0.15) is 0 Å². The molecule has 0 bridgehead atoms. The minimum atomic E-state index is 0.194. The van der Waals surface area contributed by atoms with Gasteiger partial charge in [-0.15, -0.1) is 0 Å². The van der Waals surface area contributed by atoms with E-state index >= 15 is 0 Å². The molecule has 2 heteroatoms. The van der Waals surface area contributed by atoms with E-state index in [9.17, 15) is 4.79 Å². The minimum Gasteiger partial charge on any atom is -0.282 e. The molecule has 0 saturated carbocycles. The van der Waals surface area contributed by atoms with E-state index in [1.165, 1.54) is 11.8 Å². The summed E-state index contributed by atoms with van der Waals surface area (Å²) in [6.45, 7) is 6.44. The van der Waals surface area contributed by atoms with Gasteiger partial charge in [-0.25, -0.2) is 0 Å². The maximum absolute atomic E-state index is 10.8. The molecule has 0 amide bonds. The molecule has 1 heterocycles. The number of rotatable bonds is 0. The fourth-order valence-electron chi connectivity index (χ4n) is 0.835. The topological polar surface area (TPSA) is 17.1 Å². The number of hydrogen-bond donors (Lipinski definition) is 0.